The first kappa shape index (κ1) is 25.3. The van der Waals surface area contributed by atoms with Gasteiger partial charge in [-0.05, 0) is 49.8 Å². The number of hydrogen-bond acceptors (Lipinski definition) is 3. The molecule has 0 fully saturated rings. The molecule has 0 bridgehead atoms. The lowest BCUT2D eigenvalue weighted by atomic mass is 10.1. The number of aromatic nitrogens is 2. The van der Waals surface area contributed by atoms with Crippen LogP contribution in [0.3, 0.4) is 0 Å². The Kier molecular flexibility index (Phi) is 11.7. The van der Waals surface area contributed by atoms with Crippen molar-refractivity contribution in [1.82, 2.24) is 20.4 Å². The molecule has 7 heteroatoms. The van der Waals surface area contributed by atoms with Crippen molar-refractivity contribution >= 4 is 29.9 Å². The second kappa shape index (κ2) is 13.5. The van der Waals surface area contributed by atoms with Gasteiger partial charge >= 0.3 is 0 Å². The van der Waals surface area contributed by atoms with Gasteiger partial charge in [-0.25, -0.2) is 4.99 Å². The molecule has 29 heavy (non-hydrogen) atoms. The molecular weight excluding hydrogens is 477 g/mol. The van der Waals surface area contributed by atoms with E-state index in [2.05, 4.69) is 61.6 Å². The highest BCUT2D eigenvalue weighted by Gasteiger charge is 2.06. The van der Waals surface area contributed by atoms with E-state index >= 15 is 0 Å². The van der Waals surface area contributed by atoms with E-state index in [1.807, 2.05) is 24.1 Å². The van der Waals surface area contributed by atoms with Crippen LogP contribution in [0.15, 0.2) is 35.6 Å². The molecule has 0 aliphatic rings. The summed E-state index contributed by atoms with van der Waals surface area (Å²) < 4.78 is 7.87. The van der Waals surface area contributed by atoms with E-state index < -0.39 is 0 Å². The van der Waals surface area contributed by atoms with Crippen LogP contribution in [-0.2, 0) is 20.0 Å². The van der Waals surface area contributed by atoms with Crippen LogP contribution in [0.1, 0.15) is 43.9 Å². The largest absolute Gasteiger partial charge is 0.493 e. The van der Waals surface area contributed by atoms with Gasteiger partial charge in [0.25, 0.3) is 0 Å². The Labute approximate surface area is 192 Å². The Morgan fingerprint density at radius 1 is 1.28 bits per heavy atom. The van der Waals surface area contributed by atoms with Crippen molar-refractivity contribution in [2.24, 2.45) is 18.0 Å². The fourth-order valence-corrected chi connectivity index (χ4v) is 2.76. The number of halogens is 1. The lowest BCUT2D eigenvalue weighted by molar-refractivity contribution is 0.287. The molecule has 0 radical (unpaired) electrons. The number of aryl methyl sites for hydroxylation is 2. The molecule has 0 amide bonds. The van der Waals surface area contributed by atoms with Crippen LogP contribution in [0.5, 0.6) is 5.75 Å². The molecule has 2 N–H and O–H groups in total. The molecule has 1 heterocycles. The average molecular weight is 513 g/mol. The van der Waals surface area contributed by atoms with Crippen LogP contribution in [0.25, 0.3) is 0 Å². The normalized spacial score (nSPS) is 11.3. The number of nitrogens with one attached hydrogen (secondary N) is 2. The van der Waals surface area contributed by atoms with Crippen molar-refractivity contribution < 1.29 is 4.74 Å². The Hall–Kier alpha value is -1.77. The van der Waals surface area contributed by atoms with Gasteiger partial charge in [0, 0.05) is 31.9 Å². The first-order chi connectivity index (χ1) is 13.5. The first-order valence-corrected chi connectivity index (χ1v) is 10.2. The lowest BCUT2D eigenvalue weighted by Gasteiger charge is -2.14. The summed E-state index contributed by atoms with van der Waals surface area (Å²) >= 11 is 0. The third kappa shape index (κ3) is 9.51. The maximum Gasteiger partial charge on any atom is 0.191 e. The Bertz CT molecular complexity index is 757. The van der Waals surface area contributed by atoms with Gasteiger partial charge in [0.1, 0.15) is 5.75 Å². The molecule has 0 atom stereocenters. The van der Waals surface area contributed by atoms with Gasteiger partial charge in [0.2, 0.25) is 0 Å². The smallest absolute Gasteiger partial charge is 0.191 e. The molecule has 6 nitrogen and oxygen atoms in total. The zero-order chi connectivity index (χ0) is 20.4. The Morgan fingerprint density at radius 3 is 2.72 bits per heavy atom. The van der Waals surface area contributed by atoms with Gasteiger partial charge in [-0.1, -0.05) is 26.0 Å². The topological polar surface area (TPSA) is 63.5 Å². The first-order valence-electron chi connectivity index (χ1n) is 10.2. The summed E-state index contributed by atoms with van der Waals surface area (Å²) in [7, 11) is 1.94. The summed E-state index contributed by atoms with van der Waals surface area (Å²) in [6.07, 6.45) is 5.90. The lowest BCUT2D eigenvalue weighted by Crippen LogP contribution is -2.38. The molecule has 0 aliphatic heterocycles. The highest BCUT2D eigenvalue weighted by atomic mass is 127. The van der Waals surface area contributed by atoms with Gasteiger partial charge in [0.15, 0.2) is 5.96 Å². The van der Waals surface area contributed by atoms with Gasteiger partial charge in [-0.15, -0.1) is 24.0 Å². The fraction of sp³-hybridized carbons (Fsp3) is 0.545. The van der Waals surface area contributed by atoms with E-state index in [0.717, 1.165) is 49.8 Å². The van der Waals surface area contributed by atoms with Crippen LogP contribution in [0.4, 0.5) is 0 Å². The van der Waals surface area contributed by atoms with E-state index in [0.29, 0.717) is 12.5 Å². The number of guanidine groups is 1. The van der Waals surface area contributed by atoms with Crippen molar-refractivity contribution in [2.75, 3.05) is 19.7 Å². The SMILES string of the molecule is CCNC(=NCc1ccc(C)cc1OCCC(C)C)NCCc1cnn(C)c1.I. The van der Waals surface area contributed by atoms with Crippen LogP contribution in [-0.4, -0.2) is 35.4 Å². The van der Waals surface area contributed by atoms with E-state index in [1.165, 1.54) is 11.1 Å². The summed E-state index contributed by atoms with van der Waals surface area (Å²) in [6.45, 7) is 11.5. The summed E-state index contributed by atoms with van der Waals surface area (Å²) in [5.41, 5.74) is 3.53. The quantitative estimate of drug-likeness (QED) is 0.286. The Morgan fingerprint density at radius 2 is 2.07 bits per heavy atom. The maximum atomic E-state index is 6.04. The number of nitrogens with zero attached hydrogens (tertiary/aromatic N) is 3. The van der Waals surface area contributed by atoms with Crippen molar-refractivity contribution in [2.45, 2.75) is 47.1 Å². The minimum Gasteiger partial charge on any atom is -0.493 e. The number of ether oxygens (including phenoxy) is 1. The van der Waals surface area contributed by atoms with Gasteiger partial charge in [-0.2, -0.15) is 5.10 Å². The molecule has 0 saturated heterocycles. The predicted octanol–water partition coefficient (Wildman–Crippen LogP) is 4.07. The van der Waals surface area contributed by atoms with Crippen LogP contribution < -0.4 is 15.4 Å². The van der Waals surface area contributed by atoms with Crippen LogP contribution in [0.2, 0.25) is 0 Å². The van der Waals surface area contributed by atoms with Crippen LogP contribution in [0, 0.1) is 12.8 Å². The second-order valence-electron chi connectivity index (χ2n) is 7.54. The fourth-order valence-electron chi connectivity index (χ4n) is 2.76. The molecule has 1 aromatic heterocycles. The number of rotatable bonds is 10. The molecule has 1 aromatic carbocycles. The standard InChI is InChI=1S/C22H35N5O.HI/c1-6-23-22(24-11-9-19-14-26-27(5)16-19)25-15-20-8-7-18(4)13-21(20)28-12-10-17(2)3;/h7-8,13-14,16-17H,6,9-12,15H2,1-5H3,(H2,23,24,25);1H. The maximum absolute atomic E-state index is 6.04. The van der Waals surface area contributed by atoms with Crippen molar-refractivity contribution in [1.29, 1.82) is 0 Å². The van der Waals surface area contributed by atoms with Gasteiger partial charge in [0.05, 0.1) is 19.3 Å². The van der Waals surface area contributed by atoms with E-state index in [1.54, 1.807) is 0 Å². The highest BCUT2D eigenvalue weighted by molar-refractivity contribution is 14.0. The van der Waals surface area contributed by atoms with Crippen LogP contribution >= 0.6 is 24.0 Å². The van der Waals surface area contributed by atoms with Crippen molar-refractivity contribution in [3.05, 3.63) is 47.3 Å². The molecule has 0 unspecified atom stereocenters. The van der Waals surface area contributed by atoms with E-state index in [-0.39, 0.29) is 24.0 Å². The average Bonchev–Trinajstić information content (AvgIpc) is 3.05. The molecule has 2 aromatic rings. The summed E-state index contributed by atoms with van der Waals surface area (Å²) in [5, 5.41) is 10.9. The molecule has 162 valence electrons. The Balaban J connectivity index is 0.00000420. The monoisotopic (exact) mass is 513 g/mol. The van der Waals surface area contributed by atoms with E-state index in [4.69, 9.17) is 9.73 Å². The van der Waals surface area contributed by atoms with E-state index in [9.17, 15) is 0 Å². The highest BCUT2D eigenvalue weighted by Crippen LogP contribution is 2.22. The predicted molar refractivity (Wildman–Crippen MR) is 131 cm³/mol. The second-order valence-corrected chi connectivity index (χ2v) is 7.54. The van der Waals surface area contributed by atoms with Crippen molar-refractivity contribution in [3.8, 4) is 5.75 Å². The van der Waals surface area contributed by atoms with Gasteiger partial charge in [-0.3, -0.25) is 4.68 Å². The molecule has 0 spiro atoms. The number of aliphatic imine (C=N–C) groups is 1. The molecular formula is C22H36IN5O. The number of hydrogen-bond donors (Lipinski definition) is 2. The molecule has 0 saturated carbocycles. The third-order valence-corrected chi connectivity index (χ3v) is 4.39. The van der Waals surface area contributed by atoms with Gasteiger partial charge < -0.3 is 15.4 Å². The zero-order valence-corrected chi connectivity index (χ0v) is 20.7. The minimum atomic E-state index is 0. The number of benzene rings is 1. The zero-order valence-electron chi connectivity index (χ0n) is 18.4. The minimum absolute atomic E-state index is 0. The third-order valence-electron chi connectivity index (χ3n) is 4.39. The molecule has 2 rings (SSSR count). The van der Waals surface area contributed by atoms with Crippen molar-refractivity contribution in [3.63, 3.8) is 0 Å². The summed E-state index contributed by atoms with van der Waals surface area (Å²) in [5.74, 6) is 2.39. The summed E-state index contributed by atoms with van der Waals surface area (Å²) in [4.78, 5) is 4.75. The molecule has 0 aliphatic carbocycles. The summed E-state index contributed by atoms with van der Waals surface area (Å²) in [6, 6.07) is 6.33.